The van der Waals surface area contributed by atoms with Gasteiger partial charge in [0.2, 0.25) is 0 Å². The van der Waals surface area contributed by atoms with E-state index in [0.717, 1.165) is 36.2 Å². The van der Waals surface area contributed by atoms with Gasteiger partial charge in [-0.25, -0.2) is 4.79 Å². The lowest BCUT2D eigenvalue weighted by Crippen LogP contribution is -2.39. The molecule has 5 heteroatoms. The zero-order valence-corrected chi connectivity index (χ0v) is 13.1. The summed E-state index contributed by atoms with van der Waals surface area (Å²) < 4.78 is 0. The predicted molar refractivity (Wildman–Crippen MR) is 86.8 cm³/mol. The largest absolute Gasteiger partial charge is 0.478 e. The monoisotopic (exact) mass is 312 g/mol. The number of piperidine rings is 1. The Morgan fingerprint density at radius 3 is 2.57 bits per heavy atom. The fourth-order valence-corrected chi connectivity index (χ4v) is 3.19. The molecular formula is C18H20N2O3. The summed E-state index contributed by atoms with van der Waals surface area (Å²) in [6.07, 6.45) is 3.76. The van der Waals surface area contributed by atoms with Crippen LogP contribution in [0, 0.1) is 6.92 Å². The highest BCUT2D eigenvalue weighted by atomic mass is 16.4. The van der Waals surface area contributed by atoms with Crippen molar-refractivity contribution in [2.24, 2.45) is 0 Å². The Hall–Kier alpha value is -2.56. The van der Waals surface area contributed by atoms with Gasteiger partial charge in [0.05, 0.1) is 11.1 Å². The van der Waals surface area contributed by atoms with Crippen LogP contribution in [-0.2, 0) is 0 Å². The molecular weight excluding hydrogens is 292 g/mol. The second kappa shape index (κ2) is 6.28. The minimum Gasteiger partial charge on any atom is -0.478 e. The third-order valence-corrected chi connectivity index (χ3v) is 4.52. The highest BCUT2D eigenvalue weighted by molar-refractivity contribution is 5.95. The summed E-state index contributed by atoms with van der Waals surface area (Å²) >= 11 is 0. The van der Waals surface area contributed by atoms with Crippen molar-refractivity contribution in [3.05, 3.63) is 58.9 Å². The fourth-order valence-electron chi connectivity index (χ4n) is 3.19. The Labute approximate surface area is 134 Å². The summed E-state index contributed by atoms with van der Waals surface area (Å²) in [4.78, 5) is 28.5. The number of carbonyl (C=O) groups excluding carboxylic acids is 1. The lowest BCUT2D eigenvalue weighted by molar-refractivity contribution is 0.0693. The number of carbonyl (C=O) groups is 2. The Morgan fingerprint density at radius 1 is 1.22 bits per heavy atom. The smallest absolute Gasteiger partial charge is 0.335 e. The number of hydrogen-bond acceptors (Lipinski definition) is 2. The maximum absolute atomic E-state index is 12.6. The molecule has 120 valence electrons. The molecule has 2 heterocycles. The van der Waals surface area contributed by atoms with E-state index in [9.17, 15) is 9.59 Å². The molecule has 1 fully saturated rings. The first kappa shape index (κ1) is 15.3. The molecule has 1 aliphatic rings. The van der Waals surface area contributed by atoms with E-state index in [1.807, 2.05) is 30.0 Å². The molecule has 1 amide bonds. The molecule has 0 spiro atoms. The van der Waals surface area contributed by atoms with Gasteiger partial charge in [0.25, 0.3) is 5.91 Å². The minimum atomic E-state index is -0.917. The summed E-state index contributed by atoms with van der Waals surface area (Å²) in [6, 6.07) is 8.82. The Balaban J connectivity index is 1.74. The van der Waals surface area contributed by atoms with Gasteiger partial charge >= 0.3 is 5.97 Å². The third kappa shape index (κ3) is 3.13. The summed E-state index contributed by atoms with van der Waals surface area (Å²) in [5.41, 5.74) is 3.01. The molecule has 1 atom stereocenters. The average molecular weight is 312 g/mol. The minimum absolute atomic E-state index is 0.0654. The van der Waals surface area contributed by atoms with Gasteiger partial charge in [-0.3, -0.25) is 4.79 Å². The molecule has 0 saturated carbocycles. The first-order valence-corrected chi connectivity index (χ1v) is 7.83. The number of amides is 1. The molecule has 2 N–H and O–H groups in total. The molecule has 1 aliphatic heterocycles. The highest BCUT2D eigenvalue weighted by Gasteiger charge is 2.26. The number of nitrogens with zero attached hydrogens (tertiary/aromatic N) is 1. The average Bonchev–Trinajstić information content (AvgIpc) is 3.00. The van der Waals surface area contributed by atoms with E-state index in [1.165, 1.54) is 0 Å². The Bertz CT molecular complexity index is 718. The number of hydrogen-bond donors (Lipinski definition) is 2. The molecule has 5 nitrogen and oxygen atoms in total. The van der Waals surface area contributed by atoms with Crippen LogP contribution in [0.25, 0.3) is 0 Å². The van der Waals surface area contributed by atoms with Gasteiger partial charge in [-0.15, -0.1) is 0 Å². The van der Waals surface area contributed by atoms with Crippen LogP contribution in [0.1, 0.15) is 50.7 Å². The van der Waals surface area contributed by atoms with Gasteiger partial charge in [-0.2, -0.15) is 0 Å². The SMILES string of the molecule is Cc1[nH]ccc1C(=O)N1CCC[C@H](c2ccc(C(=O)O)cc2)C1. The number of rotatable bonds is 3. The third-order valence-electron chi connectivity index (χ3n) is 4.52. The predicted octanol–water partition coefficient (Wildman–Crippen LogP) is 3.04. The molecule has 1 aromatic heterocycles. The lowest BCUT2D eigenvalue weighted by Gasteiger charge is -2.33. The quantitative estimate of drug-likeness (QED) is 0.915. The highest BCUT2D eigenvalue weighted by Crippen LogP contribution is 2.28. The molecule has 23 heavy (non-hydrogen) atoms. The van der Waals surface area contributed by atoms with Gasteiger partial charge in [0.1, 0.15) is 0 Å². The van der Waals surface area contributed by atoms with E-state index in [-0.39, 0.29) is 11.8 Å². The molecule has 0 unspecified atom stereocenters. The molecule has 3 rings (SSSR count). The Morgan fingerprint density at radius 2 is 1.96 bits per heavy atom. The number of benzene rings is 1. The summed E-state index contributed by atoms with van der Waals surface area (Å²) in [5, 5.41) is 8.98. The van der Waals surface area contributed by atoms with Gasteiger partial charge in [0.15, 0.2) is 0 Å². The first-order chi connectivity index (χ1) is 11.1. The van der Waals surface area contributed by atoms with E-state index in [2.05, 4.69) is 4.98 Å². The first-order valence-electron chi connectivity index (χ1n) is 7.83. The van der Waals surface area contributed by atoms with Crippen molar-refractivity contribution in [3.8, 4) is 0 Å². The summed E-state index contributed by atoms with van der Waals surface area (Å²) in [6.45, 7) is 3.35. The van der Waals surface area contributed by atoms with E-state index in [4.69, 9.17) is 5.11 Å². The number of aromatic nitrogens is 1. The van der Waals surface area contributed by atoms with E-state index in [0.29, 0.717) is 12.1 Å². The number of aromatic carboxylic acids is 1. The molecule has 2 aromatic rings. The number of carboxylic acid groups (broad SMARTS) is 1. The van der Waals surface area contributed by atoms with Crippen LogP contribution >= 0.6 is 0 Å². The zero-order valence-electron chi connectivity index (χ0n) is 13.1. The van der Waals surface area contributed by atoms with Crippen molar-refractivity contribution >= 4 is 11.9 Å². The number of aromatic amines is 1. The van der Waals surface area contributed by atoms with E-state index >= 15 is 0 Å². The number of carboxylic acids is 1. The standard InChI is InChI=1S/C18H20N2O3/c1-12-16(8-9-19-12)17(21)20-10-2-3-15(11-20)13-4-6-14(7-5-13)18(22)23/h4-9,15,19H,2-3,10-11H2,1H3,(H,22,23)/t15-/m0/s1. The molecule has 0 aliphatic carbocycles. The van der Waals surface area contributed by atoms with Gasteiger partial charge < -0.3 is 15.0 Å². The van der Waals surface area contributed by atoms with Gasteiger partial charge in [0, 0.05) is 30.9 Å². The zero-order chi connectivity index (χ0) is 16.4. The molecule has 0 radical (unpaired) electrons. The lowest BCUT2D eigenvalue weighted by atomic mass is 9.90. The molecule has 1 aromatic carbocycles. The van der Waals surface area contributed by atoms with Crippen molar-refractivity contribution in [1.82, 2.24) is 9.88 Å². The topological polar surface area (TPSA) is 73.4 Å². The van der Waals surface area contributed by atoms with Crippen molar-refractivity contribution in [1.29, 1.82) is 0 Å². The van der Waals surface area contributed by atoms with E-state index < -0.39 is 5.97 Å². The van der Waals surface area contributed by atoms with Crippen molar-refractivity contribution in [2.75, 3.05) is 13.1 Å². The second-order valence-corrected chi connectivity index (χ2v) is 6.03. The summed E-state index contributed by atoms with van der Waals surface area (Å²) in [5.74, 6) is -0.592. The van der Waals surface area contributed by atoms with Crippen molar-refractivity contribution < 1.29 is 14.7 Å². The second-order valence-electron chi connectivity index (χ2n) is 6.03. The Kier molecular flexibility index (Phi) is 4.19. The van der Waals surface area contributed by atoms with Gasteiger partial charge in [-0.05, 0) is 43.5 Å². The van der Waals surface area contributed by atoms with Crippen molar-refractivity contribution in [3.63, 3.8) is 0 Å². The molecule has 0 bridgehead atoms. The maximum atomic E-state index is 12.6. The van der Waals surface area contributed by atoms with Crippen LogP contribution in [0.15, 0.2) is 36.5 Å². The van der Waals surface area contributed by atoms with Crippen molar-refractivity contribution in [2.45, 2.75) is 25.7 Å². The van der Waals surface area contributed by atoms with Crippen LogP contribution in [-0.4, -0.2) is 40.0 Å². The maximum Gasteiger partial charge on any atom is 0.335 e. The van der Waals surface area contributed by atoms with Crippen LogP contribution in [0.2, 0.25) is 0 Å². The van der Waals surface area contributed by atoms with Gasteiger partial charge in [-0.1, -0.05) is 12.1 Å². The van der Waals surface area contributed by atoms with E-state index in [1.54, 1.807) is 18.3 Å². The fraction of sp³-hybridized carbons (Fsp3) is 0.333. The summed E-state index contributed by atoms with van der Waals surface area (Å²) in [7, 11) is 0. The van der Waals surface area contributed by atoms with Crippen LogP contribution < -0.4 is 0 Å². The normalized spacial score (nSPS) is 18.0. The van der Waals surface area contributed by atoms with Crippen LogP contribution in [0.3, 0.4) is 0 Å². The van der Waals surface area contributed by atoms with Crippen LogP contribution in [0.4, 0.5) is 0 Å². The van der Waals surface area contributed by atoms with Crippen LogP contribution in [0.5, 0.6) is 0 Å². The number of nitrogens with one attached hydrogen (secondary N) is 1. The number of aryl methyl sites for hydroxylation is 1. The molecule has 1 saturated heterocycles. The number of H-pyrrole nitrogens is 1. The number of likely N-dealkylation sites (tertiary alicyclic amines) is 1.